The van der Waals surface area contributed by atoms with E-state index in [1.807, 2.05) is 6.07 Å². The fraction of sp³-hybridized carbons (Fsp3) is 0.261. The van der Waals surface area contributed by atoms with Crippen LogP contribution < -0.4 is 21.7 Å². The van der Waals surface area contributed by atoms with E-state index in [-0.39, 0.29) is 23.2 Å². The van der Waals surface area contributed by atoms with E-state index in [9.17, 15) is 9.59 Å². The van der Waals surface area contributed by atoms with Crippen molar-refractivity contribution in [2.24, 2.45) is 5.73 Å². The van der Waals surface area contributed by atoms with Gasteiger partial charge in [0.15, 0.2) is 11.5 Å². The van der Waals surface area contributed by atoms with Gasteiger partial charge in [-0.1, -0.05) is 6.07 Å². The fourth-order valence-corrected chi connectivity index (χ4v) is 3.74. The molecule has 1 atom stereocenters. The molecule has 32 heavy (non-hydrogen) atoms. The van der Waals surface area contributed by atoms with Crippen LogP contribution in [-0.4, -0.2) is 45.8 Å². The van der Waals surface area contributed by atoms with Crippen LogP contribution in [0.2, 0.25) is 0 Å². The van der Waals surface area contributed by atoms with E-state index < -0.39 is 5.91 Å². The largest absolute Gasteiger partial charge is 0.397 e. The molecule has 0 saturated carbocycles. The Labute approximate surface area is 185 Å². The summed E-state index contributed by atoms with van der Waals surface area (Å²) in [5, 5.41) is 2.89. The van der Waals surface area contributed by atoms with Crippen LogP contribution in [0.4, 0.5) is 17.1 Å². The summed E-state index contributed by atoms with van der Waals surface area (Å²) in [6.45, 7) is 3.01. The van der Waals surface area contributed by atoms with Gasteiger partial charge in [0.1, 0.15) is 5.69 Å². The summed E-state index contributed by atoms with van der Waals surface area (Å²) < 4.78 is 0. The highest BCUT2D eigenvalue weighted by molar-refractivity contribution is 6.08. The number of pyridine rings is 3. The van der Waals surface area contributed by atoms with Crippen molar-refractivity contribution in [3.05, 3.63) is 60.2 Å². The van der Waals surface area contributed by atoms with E-state index in [1.54, 1.807) is 42.7 Å². The number of amides is 1. The van der Waals surface area contributed by atoms with Crippen molar-refractivity contribution in [2.45, 2.75) is 25.8 Å². The minimum atomic E-state index is -0.456. The molecule has 9 heteroatoms. The number of nitrogens with one attached hydrogen (secondary N) is 1. The molecule has 1 unspecified atom stereocenters. The summed E-state index contributed by atoms with van der Waals surface area (Å²) >= 11 is 0. The quantitative estimate of drug-likeness (QED) is 0.524. The summed E-state index contributed by atoms with van der Waals surface area (Å²) in [5.74, 6) is -0.607. The van der Waals surface area contributed by atoms with Crippen LogP contribution >= 0.6 is 0 Å². The smallest absolute Gasteiger partial charge is 0.276 e. The highest BCUT2D eigenvalue weighted by Crippen LogP contribution is 2.28. The molecular formula is C23H25N7O2. The molecule has 3 aromatic rings. The van der Waals surface area contributed by atoms with Gasteiger partial charge in [-0.3, -0.25) is 14.6 Å². The lowest BCUT2D eigenvalue weighted by molar-refractivity contribution is 0.100. The Morgan fingerprint density at radius 1 is 1.12 bits per heavy atom. The second-order valence-corrected chi connectivity index (χ2v) is 7.79. The second-order valence-electron chi connectivity index (χ2n) is 7.79. The molecule has 4 rings (SSSR count). The zero-order valence-electron chi connectivity index (χ0n) is 17.8. The predicted octanol–water partition coefficient (Wildman–Crippen LogP) is 2.50. The van der Waals surface area contributed by atoms with Gasteiger partial charge in [-0.2, -0.15) is 0 Å². The van der Waals surface area contributed by atoms with Crippen LogP contribution in [-0.2, 0) is 0 Å². The van der Waals surface area contributed by atoms with E-state index in [0.717, 1.165) is 25.1 Å². The molecular weight excluding hydrogens is 406 g/mol. The van der Waals surface area contributed by atoms with E-state index in [1.165, 1.54) is 6.92 Å². The fourth-order valence-electron chi connectivity index (χ4n) is 3.74. The van der Waals surface area contributed by atoms with Crippen LogP contribution in [0.5, 0.6) is 0 Å². The second kappa shape index (κ2) is 9.11. The normalized spacial score (nSPS) is 15.9. The average molecular weight is 432 g/mol. The number of anilines is 3. The lowest BCUT2D eigenvalue weighted by Crippen LogP contribution is -2.43. The molecule has 3 aromatic heterocycles. The molecule has 4 heterocycles. The maximum Gasteiger partial charge on any atom is 0.276 e. The van der Waals surface area contributed by atoms with Crippen LogP contribution in [0.1, 0.15) is 40.7 Å². The number of ketones is 1. The molecule has 1 aliphatic rings. The van der Waals surface area contributed by atoms with Gasteiger partial charge in [-0.25, -0.2) is 9.97 Å². The number of aromatic nitrogens is 3. The van der Waals surface area contributed by atoms with Crippen molar-refractivity contribution in [3.8, 4) is 11.4 Å². The van der Waals surface area contributed by atoms with Gasteiger partial charge >= 0.3 is 0 Å². The number of piperidine rings is 1. The van der Waals surface area contributed by atoms with E-state index in [2.05, 4.69) is 25.2 Å². The Kier molecular flexibility index (Phi) is 6.09. The van der Waals surface area contributed by atoms with Gasteiger partial charge in [0.05, 0.1) is 34.6 Å². The van der Waals surface area contributed by atoms with Crippen molar-refractivity contribution in [2.75, 3.05) is 29.0 Å². The molecule has 1 aliphatic heterocycles. The Balaban J connectivity index is 1.62. The SMILES string of the molecule is CC(=O)c1cccc(-c2ccc(N)c(C(=O)Nc3cnccc3N3CCCC(N)C3)n2)n1. The molecule has 0 spiro atoms. The first-order chi connectivity index (χ1) is 15.4. The van der Waals surface area contributed by atoms with Gasteiger partial charge in [-0.05, 0) is 43.2 Å². The number of Topliss-reactive ketones (excluding diaryl/α,β-unsaturated/α-hetero) is 1. The molecule has 9 nitrogen and oxygen atoms in total. The number of nitrogens with two attached hydrogens (primary N) is 2. The molecule has 1 fully saturated rings. The number of carbonyl (C=O) groups is 2. The molecule has 1 saturated heterocycles. The van der Waals surface area contributed by atoms with Crippen molar-refractivity contribution in [3.63, 3.8) is 0 Å². The summed E-state index contributed by atoms with van der Waals surface area (Å²) in [4.78, 5) is 39.8. The molecule has 0 bridgehead atoms. The molecule has 1 amide bonds. The maximum absolute atomic E-state index is 13.1. The topological polar surface area (TPSA) is 140 Å². The van der Waals surface area contributed by atoms with E-state index >= 15 is 0 Å². The summed E-state index contributed by atoms with van der Waals surface area (Å²) in [6, 6.07) is 10.3. The summed E-state index contributed by atoms with van der Waals surface area (Å²) in [5.41, 5.74) is 15.2. The summed E-state index contributed by atoms with van der Waals surface area (Å²) in [6.07, 6.45) is 5.26. The van der Waals surface area contributed by atoms with Crippen molar-refractivity contribution < 1.29 is 9.59 Å². The molecule has 0 aromatic carbocycles. The molecule has 0 radical (unpaired) electrons. The number of hydrogen-bond donors (Lipinski definition) is 3. The van der Waals surface area contributed by atoms with Crippen LogP contribution in [0.15, 0.2) is 48.8 Å². The third-order valence-electron chi connectivity index (χ3n) is 5.36. The number of hydrogen-bond acceptors (Lipinski definition) is 8. The van der Waals surface area contributed by atoms with Crippen LogP contribution in [0.25, 0.3) is 11.4 Å². The number of carbonyl (C=O) groups excluding carboxylic acids is 2. The van der Waals surface area contributed by atoms with Gasteiger partial charge in [0.2, 0.25) is 0 Å². The van der Waals surface area contributed by atoms with Gasteiger partial charge in [0.25, 0.3) is 5.91 Å². The first-order valence-corrected chi connectivity index (χ1v) is 10.4. The number of nitrogen functional groups attached to an aromatic ring is 1. The van der Waals surface area contributed by atoms with Crippen molar-refractivity contribution in [1.29, 1.82) is 0 Å². The van der Waals surface area contributed by atoms with Crippen LogP contribution in [0, 0.1) is 0 Å². The average Bonchev–Trinajstić information content (AvgIpc) is 2.79. The summed E-state index contributed by atoms with van der Waals surface area (Å²) in [7, 11) is 0. The van der Waals surface area contributed by atoms with Gasteiger partial charge in [0, 0.05) is 32.3 Å². The maximum atomic E-state index is 13.1. The zero-order chi connectivity index (χ0) is 22.7. The monoisotopic (exact) mass is 431 g/mol. The van der Waals surface area contributed by atoms with Crippen molar-refractivity contribution in [1.82, 2.24) is 15.0 Å². The zero-order valence-corrected chi connectivity index (χ0v) is 17.8. The first-order valence-electron chi connectivity index (χ1n) is 10.4. The van der Waals surface area contributed by atoms with Gasteiger partial charge in [-0.15, -0.1) is 0 Å². The van der Waals surface area contributed by atoms with Crippen LogP contribution in [0.3, 0.4) is 0 Å². The standard InChI is InChI=1S/C23H25N7O2/c1-14(31)17-5-2-6-18(27-17)19-8-7-16(25)22(28-19)23(32)29-20-12-26-10-9-21(20)30-11-3-4-15(24)13-30/h2,5-10,12,15H,3-4,11,13,24-25H2,1H3,(H,29,32). The van der Waals surface area contributed by atoms with E-state index in [0.29, 0.717) is 29.3 Å². The minimum Gasteiger partial charge on any atom is -0.397 e. The molecule has 164 valence electrons. The Morgan fingerprint density at radius 3 is 2.72 bits per heavy atom. The molecule has 0 aliphatic carbocycles. The Bertz CT molecular complexity index is 1160. The number of nitrogens with zero attached hydrogens (tertiary/aromatic N) is 4. The lowest BCUT2D eigenvalue weighted by atomic mass is 10.1. The third kappa shape index (κ3) is 4.57. The number of rotatable bonds is 5. The highest BCUT2D eigenvalue weighted by atomic mass is 16.2. The minimum absolute atomic E-state index is 0.0719. The van der Waals surface area contributed by atoms with Crippen molar-refractivity contribution >= 4 is 28.8 Å². The first kappa shape index (κ1) is 21.4. The Hall–Kier alpha value is -3.85. The Morgan fingerprint density at radius 2 is 1.94 bits per heavy atom. The van der Waals surface area contributed by atoms with Gasteiger partial charge < -0.3 is 21.7 Å². The third-order valence-corrected chi connectivity index (χ3v) is 5.36. The predicted molar refractivity (Wildman–Crippen MR) is 123 cm³/mol. The lowest BCUT2D eigenvalue weighted by Gasteiger charge is -2.33. The highest BCUT2D eigenvalue weighted by Gasteiger charge is 2.21. The molecule has 5 N–H and O–H groups in total. The van der Waals surface area contributed by atoms with E-state index in [4.69, 9.17) is 11.5 Å².